The van der Waals surface area contributed by atoms with Crippen LogP contribution in [0.2, 0.25) is 0 Å². The number of hydrogen-bond donors (Lipinski definition) is 2. The maximum absolute atomic E-state index is 12.7. The van der Waals surface area contributed by atoms with Crippen molar-refractivity contribution in [3.05, 3.63) is 24.1 Å². The second kappa shape index (κ2) is 3.92. The first kappa shape index (κ1) is 11.2. The number of nitrogens with zero attached hydrogens (tertiary/aromatic N) is 1. The van der Waals surface area contributed by atoms with Gasteiger partial charge in [-0.2, -0.15) is 0 Å². The zero-order valence-corrected chi connectivity index (χ0v) is 10.5. The molecule has 4 rings (SSSR count). The van der Waals surface area contributed by atoms with Gasteiger partial charge in [0, 0.05) is 6.04 Å². The first-order chi connectivity index (χ1) is 9.22. The van der Waals surface area contributed by atoms with Gasteiger partial charge in [-0.15, -0.1) is 0 Å². The first-order valence-corrected chi connectivity index (χ1v) is 6.91. The summed E-state index contributed by atoms with van der Waals surface area (Å²) in [5.74, 6) is 3.08. The van der Waals surface area contributed by atoms with Crippen LogP contribution in [0.5, 0.6) is 0 Å². The number of pyridine rings is 1. The lowest BCUT2D eigenvalue weighted by Crippen LogP contribution is -2.34. The van der Waals surface area contributed by atoms with E-state index >= 15 is 0 Å². The lowest BCUT2D eigenvalue weighted by Gasteiger charge is -2.11. The van der Waals surface area contributed by atoms with Gasteiger partial charge in [-0.05, 0) is 55.1 Å². The Morgan fingerprint density at radius 3 is 2.63 bits per heavy atom. The summed E-state index contributed by atoms with van der Waals surface area (Å²) in [5.41, 5.74) is 0. The second-order valence-electron chi connectivity index (χ2n) is 5.97. The average molecular weight is 261 g/mol. The van der Waals surface area contributed by atoms with Crippen molar-refractivity contribution in [2.45, 2.75) is 25.3 Å². The third-order valence-corrected chi connectivity index (χ3v) is 5.00. The topological polar surface area (TPSA) is 54.0 Å². The monoisotopic (exact) mass is 261 g/mol. The van der Waals surface area contributed by atoms with Crippen LogP contribution in [0.4, 0.5) is 15.0 Å². The van der Waals surface area contributed by atoms with E-state index < -0.39 is 5.82 Å². The van der Waals surface area contributed by atoms with Crippen molar-refractivity contribution in [1.29, 1.82) is 0 Å². The van der Waals surface area contributed by atoms with Crippen molar-refractivity contribution in [3.8, 4) is 0 Å². The van der Waals surface area contributed by atoms with Crippen LogP contribution in [0.15, 0.2) is 18.3 Å². The highest BCUT2D eigenvalue weighted by Crippen LogP contribution is 2.65. The Balaban J connectivity index is 1.35. The molecule has 4 atom stereocenters. The van der Waals surface area contributed by atoms with E-state index in [2.05, 4.69) is 15.6 Å². The predicted octanol–water partition coefficient (Wildman–Crippen LogP) is 2.39. The van der Waals surface area contributed by atoms with Gasteiger partial charge in [0.05, 0.1) is 6.20 Å². The van der Waals surface area contributed by atoms with Crippen LogP contribution >= 0.6 is 0 Å². The van der Waals surface area contributed by atoms with Gasteiger partial charge >= 0.3 is 6.03 Å². The molecule has 3 fully saturated rings. The van der Waals surface area contributed by atoms with Crippen LogP contribution in [-0.2, 0) is 0 Å². The number of amides is 2. The summed E-state index contributed by atoms with van der Waals surface area (Å²) < 4.78 is 12.7. The number of nitrogens with one attached hydrogen (secondary N) is 2. The minimum absolute atomic E-state index is 0.224. The molecule has 2 bridgehead atoms. The molecule has 100 valence electrons. The first-order valence-electron chi connectivity index (χ1n) is 6.91. The van der Waals surface area contributed by atoms with Gasteiger partial charge in [0.25, 0.3) is 0 Å². The molecule has 0 spiro atoms. The highest BCUT2D eigenvalue weighted by molar-refractivity contribution is 5.88. The predicted molar refractivity (Wildman–Crippen MR) is 67.9 cm³/mol. The number of anilines is 1. The molecule has 1 aromatic heterocycles. The molecule has 5 heteroatoms. The van der Waals surface area contributed by atoms with Gasteiger partial charge in [-0.3, -0.25) is 5.32 Å². The molecule has 0 aromatic carbocycles. The van der Waals surface area contributed by atoms with Crippen molar-refractivity contribution in [2.75, 3.05) is 5.32 Å². The molecule has 3 aliphatic rings. The average Bonchev–Trinajstić information content (AvgIpc) is 2.81. The van der Waals surface area contributed by atoms with Gasteiger partial charge < -0.3 is 5.32 Å². The Morgan fingerprint density at radius 2 is 2.00 bits per heavy atom. The van der Waals surface area contributed by atoms with E-state index in [9.17, 15) is 9.18 Å². The Hall–Kier alpha value is -1.65. The minimum atomic E-state index is -0.403. The highest BCUT2D eigenvalue weighted by Gasteiger charge is 2.65. The molecule has 1 aromatic rings. The summed E-state index contributed by atoms with van der Waals surface area (Å²) in [7, 11) is 0. The number of hydrogen-bond acceptors (Lipinski definition) is 2. The van der Waals surface area contributed by atoms with E-state index in [4.69, 9.17) is 0 Å². The SMILES string of the molecule is O=C(Nc1ccc(F)cn1)NC1[C@H]2[C@H]3CC[C@@H](C3)[C@H]12. The van der Waals surface area contributed by atoms with Gasteiger partial charge in [-0.1, -0.05) is 0 Å². The number of carbonyl (C=O) groups is 1. The van der Waals surface area contributed by atoms with E-state index in [1.165, 1.54) is 31.4 Å². The van der Waals surface area contributed by atoms with Crippen molar-refractivity contribution < 1.29 is 9.18 Å². The van der Waals surface area contributed by atoms with E-state index in [0.29, 0.717) is 23.7 Å². The quantitative estimate of drug-likeness (QED) is 0.858. The van der Waals surface area contributed by atoms with Crippen LogP contribution in [0, 0.1) is 29.5 Å². The van der Waals surface area contributed by atoms with Crippen LogP contribution in [0.25, 0.3) is 0 Å². The fraction of sp³-hybridized carbons (Fsp3) is 0.571. The fourth-order valence-electron chi connectivity index (χ4n) is 4.27. The maximum atomic E-state index is 12.7. The van der Waals surface area contributed by atoms with Crippen LogP contribution in [0.1, 0.15) is 19.3 Å². The molecule has 3 aliphatic carbocycles. The largest absolute Gasteiger partial charge is 0.334 e. The number of urea groups is 1. The van der Waals surface area contributed by atoms with Crippen LogP contribution in [0.3, 0.4) is 0 Å². The molecule has 2 amide bonds. The zero-order valence-electron chi connectivity index (χ0n) is 10.5. The fourth-order valence-corrected chi connectivity index (χ4v) is 4.27. The van der Waals surface area contributed by atoms with Crippen molar-refractivity contribution >= 4 is 11.8 Å². The van der Waals surface area contributed by atoms with Crippen LogP contribution < -0.4 is 10.6 Å². The standard InChI is InChI=1S/C14H16FN3O/c15-9-3-4-10(16-6-9)17-14(19)18-13-11-7-1-2-8(5-7)12(11)13/h3-4,6-8,11-13H,1-2,5H2,(H2,16,17,18,19)/t7-,8-,11-,12-/m0/s1. The van der Waals surface area contributed by atoms with Crippen molar-refractivity contribution in [3.63, 3.8) is 0 Å². The van der Waals surface area contributed by atoms with E-state index in [0.717, 1.165) is 18.0 Å². The van der Waals surface area contributed by atoms with Crippen LogP contribution in [-0.4, -0.2) is 17.1 Å². The molecule has 19 heavy (non-hydrogen) atoms. The van der Waals surface area contributed by atoms with Gasteiger partial charge in [-0.25, -0.2) is 14.2 Å². The Kier molecular flexibility index (Phi) is 2.31. The van der Waals surface area contributed by atoms with E-state index in [1.54, 1.807) is 0 Å². The summed E-state index contributed by atoms with van der Waals surface area (Å²) in [4.78, 5) is 15.7. The van der Waals surface area contributed by atoms with Crippen molar-refractivity contribution in [1.82, 2.24) is 10.3 Å². The zero-order chi connectivity index (χ0) is 13.0. The second-order valence-corrected chi connectivity index (χ2v) is 5.97. The molecule has 0 radical (unpaired) electrons. The number of halogens is 1. The third kappa shape index (κ3) is 1.79. The molecule has 0 aliphatic heterocycles. The van der Waals surface area contributed by atoms with Gasteiger partial charge in [0.2, 0.25) is 0 Å². The molecule has 0 saturated heterocycles. The number of aromatic nitrogens is 1. The molecule has 2 N–H and O–H groups in total. The Bertz CT molecular complexity index is 502. The maximum Gasteiger partial charge on any atom is 0.320 e. The summed E-state index contributed by atoms with van der Waals surface area (Å²) >= 11 is 0. The molecule has 3 saturated carbocycles. The summed E-state index contributed by atoms with van der Waals surface area (Å²) in [6.45, 7) is 0. The Labute approximate surface area is 110 Å². The number of carbonyl (C=O) groups excluding carboxylic acids is 1. The molecular weight excluding hydrogens is 245 g/mol. The van der Waals surface area contributed by atoms with Gasteiger partial charge in [0.1, 0.15) is 11.6 Å². The summed E-state index contributed by atoms with van der Waals surface area (Å²) in [5, 5.41) is 5.69. The molecule has 4 nitrogen and oxygen atoms in total. The minimum Gasteiger partial charge on any atom is -0.334 e. The summed E-state index contributed by atoms with van der Waals surface area (Å²) in [6, 6.07) is 2.88. The molecule has 0 unspecified atom stereocenters. The van der Waals surface area contributed by atoms with Gasteiger partial charge in [0.15, 0.2) is 0 Å². The summed E-state index contributed by atoms with van der Waals surface area (Å²) in [6.07, 6.45) is 5.15. The third-order valence-electron chi connectivity index (χ3n) is 5.00. The van der Waals surface area contributed by atoms with E-state index in [1.807, 2.05) is 0 Å². The van der Waals surface area contributed by atoms with E-state index in [-0.39, 0.29) is 6.03 Å². The number of rotatable bonds is 2. The lowest BCUT2D eigenvalue weighted by molar-refractivity contribution is 0.249. The van der Waals surface area contributed by atoms with Crippen molar-refractivity contribution in [2.24, 2.45) is 23.7 Å². The highest BCUT2D eigenvalue weighted by atomic mass is 19.1. The Morgan fingerprint density at radius 1 is 1.26 bits per heavy atom. The smallest absolute Gasteiger partial charge is 0.320 e. The molecular formula is C14H16FN3O. The normalized spacial score (nSPS) is 37.8. The molecule has 1 heterocycles. The number of fused-ring (bicyclic) bond motifs is 5. The lowest BCUT2D eigenvalue weighted by atomic mass is 10.0.